The van der Waals surface area contributed by atoms with Crippen LogP contribution in [0.15, 0.2) is 52.2 Å². The summed E-state index contributed by atoms with van der Waals surface area (Å²) in [6.45, 7) is 1.94. The zero-order chi connectivity index (χ0) is 22.1. The van der Waals surface area contributed by atoms with E-state index in [1.807, 2.05) is 6.92 Å². The van der Waals surface area contributed by atoms with Gasteiger partial charge in [0.25, 0.3) is 10.0 Å². The van der Waals surface area contributed by atoms with Crippen molar-refractivity contribution in [3.8, 4) is 5.75 Å². The third kappa shape index (κ3) is 3.78. The van der Waals surface area contributed by atoms with Gasteiger partial charge in [0, 0.05) is 21.1 Å². The normalized spacial score (nSPS) is 11.5. The van der Waals surface area contributed by atoms with Crippen molar-refractivity contribution in [2.24, 2.45) is 14.1 Å². The van der Waals surface area contributed by atoms with Crippen molar-refractivity contribution in [3.63, 3.8) is 0 Å². The summed E-state index contributed by atoms with van der Waals surface area (Å²) in [5.74, 6) is 0.139. The number of rotatable bonds is 7. The Labute approximate surface area is 174 Å². The Hall–Kier alpha value is -3.27. The van der Waals surface area contributed by atoms with E-state index in [-0.39, 0.29) is 10.6 Å². The number of hydrogen-bond donors (Lipinski definition) is 1. The van der Waals surface area contributed by atoms with Gasteiger partial charge in [-0.05, 0) is 49.4 Å². The molecule has 0 radical (unpaired) electrons. The number of imidazole rings is 1. The van der Waals surface area contributed by atoms with Crippen molar-refractivity contribution in [3.05, 3.63) is 52.9 Å². The molecule has 0 spiro atoms. The van der Waals surface area contributed by atoms with E-state index in [1.54, 1.807) is 44.4 Å². The Morgan fingerprint density at radius 1 is 1.07 bits per heavy atom. The smallest absolute Gasteiger partial charge is 0.328 e. The summed E-state index contributed by atoms with van der Waals surface area (Å²) in [6.07, 6.45) is 0. The van der Waals surface area contributed by atoms with Gasteiger partial charge in [-0.1, -0.05) is 0 Å². The highest BCUT2D eigenvalue weighted by Crippen LogP contribution is 2.27. The van der Waals surface area contributed by atoms with Gasteiger partial charge in [-0.25, -0.2) is 13.2 Å². The van der Waals surface area contributed by atoms with Crippen LogP contribution in [0.25, 0.3) is 11.0 Å². The van der Waals surface area contributed by atoms with Gasteiger partial charge in [-0.3, -0.25) is 18.2 Å². The number of benzene rings is 2. The van der Waals surface area contributed by atoms with Gasteiger partial charge < -0.3 is 10.1 Å². The molecule has 3 aromatic rings. The molecule has 0 saturated heterocycles. The Kier molecular flexibility index (Phi) is 5.88. The predicted molar refractivity (Wildman–Crippen MR) is 114 cm³/mol. The van der Waals surface area contributed by atoms with Crippen molar-refractivity contribution in [2.45, 2.75) is 11.8 Å². The predicted octanol–water partition coefficient (Wildman–Crippen LogP) is 1.22. The van der Waals surface area contributed by atoms with Gasteiger partial charge >= 0.3 is 5.69 Å². The second kappa shape index (κ2) is 8.23. The monoisotopic (exact) mass is 432 g/mol. The molecule has 2 aromatic carbocycles. The van der Waals surface area contributed by atoms with Crippen LogP contribution in [0, 0.1) is 0 Å². The van der Waals surface area contributed by atoms with Gasteiger partial charge in [-0.2, -0.15) is 0 Å². The first kappa shape index (κ1) is 21.4. The average molecular weight is 433 g/mol. The third-order valence-electron chi connectivity index (χ3n) is 4.83. The number of carbonyl (C=O) groups is 1. The molecular formula is C20H24N4O5S. The summed E-state index contributed by atoms with van der Waals surface area (Å²) < 4.78 is 36.2. The molecule has 0 saturated carbocycles. The molecule has 10 heteroatoms. The van der Waals surface area contributed by atoms with Crippen LogP contribution in [0.3, 0.4) is 0 Å². The molecular weight excluding hydrogens is 408 g/mol. The minimum absolute atomic E-state index is 0.0195. The van der Waals surface area contributed by atoms with E-state index in [1.165, 1.54) is 28.3 Å². The van der Waals surface area contributed by atoms with Gasteiger partial charge in [0.05, 0.1) is 28.2 Å². The first-order chi connectivity index (χ1) is 14.2. The first-order valence-electron chi connectivity index (χ1n) is 9.32. The quantitative estimate of drug-likeness (QED) is 0.605. The van der Waals surface area contributed by atoms with Crippen LogP contribution >= 0.6 is 0 Å². The van der Waals surface area contributed by atoms with Gasteiger partial charge in [-0.15, -0.1) is 0 Å². The Bertz CT molecular complexity index is 1240. The van der Waals surface area contributed by atoms with Crippen molar-refractivity contribution >= 4 is 32.7 Å². The highest BCUT2D eigenvalue weighted by molar-refractivity contribution is 7.92. The number of carbonyl (C=O) groups excluding carboxylic acids is 1. The number of ether oxygens (including phenoxy) is 1. The molecule has 1 amide bonds. The number of likely N-dealkylation sites (N-methyl/N-ethyl adjacent to an activating group) is 1. The van der Waals surface area contributed by atoms with Gasteiger partial charge in [0.1, 0.15) is 12.3 Å². The maximum atomic E-state index is 13.5. The van der Waals surface area contributed by atoms with Crippen LogP contribution in [-0.2, 0) is 28.9 Å². The fourth-order valence-electron chi connectivity index (χ4n) is 3.17. The molecule has 0 unspecified atom stereocenters. The highest BCUT2D eigenvalue weighted by Gasteiger charge is 2.28. The van der Waals surface area contributed by atoms with E-state index in [2.05, 4.69) is 5.32 Å². The van der Waals surface area contributed by atoms with Crippen LogP contribution in [0.5, 0.6) is 5.75 Å². The number of hydrogen-bond acceptors (Lipinski definition) is 5. The largest absolute Gasteiger partial charge is 0.494 e. The van der Waals surface area contributed by atoms with Crippen molar-refractivity contribution in [1.29, 1.82) is 0 Å². The molecule has 30 heavy (non-hydrogen) atoms. The van der Waals surface area contributed by atoms with Crippen LogP contribution in [0.1, 0.15) is 6.92 Å². The van der Waals surface area contributed by atoms with Crippen molar-refractivity contribution in [2.75, 3.05) is 24.5 Å². The number of amides is 1. The molecule has 0 aliphatic rings. The minimum atomic E-state index is -4.09. The molecule has 0 aliphatic heterocycles. The van der Waals surface area contributed by atoms with Crippen LogP contribution in [-0.4, -0.2) is 43.7 Å². The molecule has 0 bridgehead atoms. The van der Waals surface area contributed by atoms with E-state index < -0.39 is 22.5 Å². The topological polar surface area (TPSA) is 103 Å². The average Bonchev–Trinajstić information content (AvgIpc) is 2.96. The number of nitrogens with one attached hydrogen (secondary N) is 1. The third-order valence-corrected chi connectivity index (χ3v) is 6.60. The Morgan fingerprint density at radius 3 is 2.30 bits per heavy atom. The molecule has 3 rings (SSSR count). The molecule has 0 fully saturated rings. The van der Waals surface area contributed by atoms with Gasteiger partial charge in [0.2, 0.25) is 5.91 Å². The fourth-order valence-corrected chi connectivity index (χ4v) is 4.62. The lowest BCUT2D eigenvalue weighted by Crippen LogP contribution is -2.39. The van der Waals surface area contributed by atoms with Crippen LogP contribution in [0.2, 0.25) is 0 Å². The number of anilines is 1. The molecule has 1 aromatic heterocycles. The van der Waals surface area contributed by atoms with Gasteiger partial charge in [0.15, 0.2) is 0 Å². The summed E-state index contributed by atoms with van der Waals surface area (Å²) in [4.78, 5) is 24.2. The van der Waals surface area contributed by atoms with E-state index in [0.717, 1.165) is 4.31 Å². The maximum Gasteiger partial charge on any atom is 0.328 e. The van der Waals surface area contributed by atoms with E-state index in [0.29, 0.717) is 29.1 Å². The van der Waals surface area contributed by atoms with E-state index >= 15 is 0 Å². The van der Waals surface area contributed by atoms with E-state index in [9.17, 15) is 18.0 Å². The first-order valence-corrected chi connectivity index (χ1v) is 10.8. The molecule has 9 nitrogen and oxygen atoms in total. The van der Waals surface area contributed by atoms with Crippen molar-refractivity contribution in [1.82, 2.24) is 14.5 Å². The van der Waals surface area contributed by atoms with Crippen LogP contribution in [0.4, 0.5) is 5.69 Å². The highest BCUT2D eigenvalue weighted by atomic mass is 32.2. The zero-order valence-electron chi connectivity index (χ0n) is 17.2. The lowest BCUT2D eigenvalue weighted by Gasteiger charge is -2.24. The number of aryl methyl sites for hydroxylation is 2. The van der Waals surface area contributed by atoms with Crippen LogP contribution < -0.4 is 20.0 Å². The summed E-state index contributed by atoms with van der Waals surface area (Å²) in [5, 5.41) is 2.45. The summed E-state index contributed by atoms with van der Waals surface area (Å²) in [5.41, 5.74) is 1.16. The molecule has 0 atom stereocenters. The molecule has 1 N–H and O–H groups in total. The number of aromatic nitrogens is 2. The Balaban J connectivity index is 2.11. The number of nitrogens with zero attached hydrogens (tertiary/aromatic N) is 3. The SMILES string of the molecule is CCOc1ccc(N(CC(=O)NC)S(=O)(=O)c2ccc3c(c2)n(C)c(=O)n3C)cc1. The lowest BCUT2D eigenvalue weighted by atomic mass is 10.3. The summed E-state index contributed by atoms with van der Waals surface area (Å²) in [7, 11) is 0.553. The summed E-state index contributed by atoms with van der Waals surface area (Å²) >= 11 is 0. The number of fused-ring (bicyclic) bond motifs is 1. The standard InChI is InChI=1S/C20H24N4O5S/c1-5-29-15-8-6-14(7-9-15)24(13-19(25)21-2)30(27,28)16-10-11-17-18(12-16)23(4)20(26)22(17)3/h6-12H,5,13H2,1-4H3,(H,21,25). The van der Waals surface area contributed by atoms with Crippen molar-refractivity contribution < 1.29 is 17.9 Å². The number of sulfonamides is 1. The second-order valence-corrected chi connectivity index (χ2v) is 8.53. The zero-order valence-corrected chi connectivity index (χ0v) is 18.1. The lowest BCUT2D eigenvalue weighted by molar-refractivity contribution is -0.119. The summed E-state index contributed by atoms with van der Waals surface area (Å²) in [6, 6.07) is 10.9. The minimum Gasteiger partial charge on any atom is -0.494 e. The molecule has 160 valence electrons. The fraction of sp³-hybridized carbons (Fsp3) is 0.300. The van der Waals surface area contributed by atoms with E-state index in [4.69, 9.17) is 4.74 Å². The Morgan fingerprint density at radius 2 is 1.70 bits per heavy atom. The second-order valence-electron chi connectivity index (χ2n) is 6.66. The molecule has 1 heterocycles. The maximum absolute atomic E-state index is 13.5. The molecule has 0 aliphatic carbocycles.